The molecular weight excluding hydrogens is 457 g/mol. The van der Waals surface area contributed by atoms with Crippen LogP contribution in [0.1, 0.15) is 15.2 Å². The maximum atomic E-state index is 13.1. The van der Waals surface area contributed by atoms with Gasteiger partial charge in [0.2, 0.25) is 0 Å². The Labute approximate surface area is 194 Å². The summed E-state index contributed by atoms with van der Waals surface area (Å²) in [6, 6.07) is 12.4. The fourth-order valence-corrected chi connectivity index (χ4v) is 5.29. The van der Waals surface area contributed by atoms with Crippen molar-refractivity contribution in [3.05, 3.63) is 63.7 Å². The van der Waals surface area contributed by atoms with Crippen LogP contribution in [-0.4, -0.2) is 54.2 Å². The Morgan fingerprint density at radius 2 is 1.90 bits per heavy atom. The smallest absolute Gasteiger partial charge is 0.349 e. The van der Waals surface area contributed by atoms with Crippen LogP contribution < -0.4 is 5.32 Å². The van der Waals surface area contributed by atoms with Crippen LogP contribution in [0.2, 0.25) is 5.02 Å². The number of rotatable bonds is 4. The van der Waals surface area contributed by atoms with Crippen molar-refractivity contribution in [1.82, 2.24) is 9.80 Å². The van der Waals surface area contributed by atoms with Crippen molar-refractivity contribution >= 4 is 62.0 Å². The Balaban J connectivity index is 1.36. The van der Waals surface area contributed by atoms with E-state index in [-0.39, 0.29) is 5.82 Å². The van der Waals surface area contributed by atoms with E-state index in [1.807, 2.05) is 30.3 Å². The summed E-state index contributed by atoms with van der Waals surface area (Å²) in [4.78, 5) is 16.7. The van der Waals surface area contributed by atoms with Gasteiger partial charge in [0.05, 0.1) is 12.1 Å². The fourth-order valence-electron chi connectivity index (χ4n) is 3.53. The topological polar surface area (TPSA) is 44.8 Å². The van der Waals surface area contributed by atoms with Crippen LogP contribution in [0.3, 0.4) is 0 Å². The lowest BCUT2D eigenvalue weighted by Gasteiger charge is -2.36. The molecule has 2 aromatic carbocycles. The highest BCUT2D eigenvalue weighted by Crippen LogP contribution is 2.37. The van der Waals surface area contributed by atoms with Crippen LogP contribution in [0.15, 0.2) is 42.5 Å². The van der Waals surface area contributed by atoms with Gasteiger partial charge in [0, 0.05) is 48.5 Å². The van der Waals surface area contributed by atoms with E-state index in [1.54, 1.807) is 0 Å². The monoisotopic (exact) mass is 477 g/mol. The fraction of sp³-hybridized carbons (Fsp3) is 0.273. The summed E-state index contributed by atoms with van der Waals surface area (Å²) >= 11 is 13.2. The third-order valence-corrected chi connectivity index (χ3v) is 7.23. The van der Waals surface area contributed by atoms with Gasteiger partial charge >= 0.3 is 5.97 Å². The molecule has 0 aliphatic carbocycles. The minimum Gasteiger partial charge on any atom is -0.465 e. The first-order valence-corrected chi connectivity index (χ1v) is 11.4. The molecule has 0 unspecified atom stereocenters. The van der Waals surface area contributed by atoms with Crippen LogP contribution >= 0.6 is 35.2 Å². The van der Waals surface area contributed by atoms with Crippen LogP contribution in [0.25, 0.3) is 10.1 Å². The molecule has 0 radical (unpaired) electrons. The zero-order chi connectivity index (χ0) is 22.0. The number of carbonyl (C=O) groups is 1. The average molecular weight is 478 g/mol. The summed E-state index contributed by atoms with van der Waals surface area (Å²) in [5.74, 6) is -0.649. The highest BCUT2D eigenvalue weighted by molar-refractivity contribution is 7.80. The maximum absolute atomic E-state index is 13.1. The maximum Gasteiger partial charge on any atom is 0.349 e. The minimum absolute atomic E-state index is 0.213. The average Bonchev–Trinajstić information content (AvgIpc) is 3.11. The lowest BCUT2D eigenvalue weighted by molar-refractivity contribution is 0.0606. The van der Waals surface area contributed by atoms with E-state index in [9.17, 15) is 9.18 Å². The van der Waals surface area contributed by atoms with E-state index in [0.717, 1.165) is 54.1 Å². The van der Waals surface area contributed by atoms with Crippen molar-refractivity contribution < 1.29 is 13.9 Å². The van der Waals surface area contributed by atoms with Crippen LogP contribution in [0.4, 0.5) is 10.1 Å². The van der Waals surface area contributed by atoms with E-state index in [2.05, 4.69) is 15.1 Å². The SMILES string of the molecule is COC(=O)c1sc2cc(NC(=S)N3CCN(Cc4ccc(F)cc4)CC3)ccc2c1Cl. The van der Waals surface area contributed by atoms with Gasteiger partial charge in [-0.15, -0.1) is 11.3 Å². The molecule has 5 nitrogen and oxygen atoms in total. The summed E-state index contributed by atoms with van der Waals surface area (Å²) in [6.07, 6.45) is 0. The number of halogens is 2. The Morgan fingerprint density at radius 3 is 2.58 bits per heavy atom. The van der Waals surface area contributed by atoms with Crippen molar-refractivity contribution in [2.45, 2.75) is 6.54 Å². The molecular formula is C22H21ClFN3O2S2. The number of anilines is 1. The first kappa shape index (κ1) is 22.0. The molecule has 3 aromatic rings. The van der Waals surface area contributed by atoms with E-state index < -0.39 is 5.97 Å². The lowest BCUT2D eigenvalue weighted by Crippen LogP contribution is -2.49. The molecule has 0 saturated carbocycles. The number of esters is 1. The second-order valence-electron chi connectivity index (χ2n) is 7.27. The van der Waals surface area contributed by atoms with Gasteiger partial charge in [-0.2, -0.15) is 0 Å². The molecule has 0 spiro atoms. The zero-order valence-corrected chi connectivity index (χ0v) is 19.2. The van der Waals surface area contributed by atoms with Crippen LogP contribution in [0.5, 0.6) is 0 Å². The first-order chi connectivity index (χ1) is 14.9. The van der Waals surface area contributed by atoms with Gasteiger partial charge in [-0.1, -0.05) is 23.7 Å². The molecule has 0 amide bonds. The van der Waals surface area contributed by atoms with E-state index in [4.69, 9.17) is 28.6 Å². The number of thiophene rings is 1. The number of nitrogens with zero attached hydrogens (tertiary/aromatic N) is 2. The van der Waals surface area contributed by atoms with E-state index in [1.165, 1.54) is 30.6 Å². The minimum atomic E-state index is -0.435. The number of ether oxygens (including phenoxy) is 1. The van der Waals surface area contributed by atoms with Crippen molar-refractivity contribution in [2.24, 2.45) is 0 Å². The third kappa shape index (κ3) is 4.98. The molecule has 1 aliphatic rings. The third-order valence-electron chi connectivity index (χ3n) is 5.23. The number of thiocarbonyl (C=S) groups is 1. The molecule has 4 rings (SSSR count). The van der Waals surface area contributed by atoms with Crippen molar-refractivity contribution in [2.75, 3.05) is 38.6 Å². The zero-order valence-electron chi connectivity index (χ0n) is 16.9. The normalized spacial score (nSPS) is 14.6. The van der Waals surface area contributed by atoms with Crippen LogP contribution in [0, 0.1) is 5.82 Å². The Morgan fingerprint density at radius 1 is 1.19 bits per heavy atom. The Hall–Kier alpha value is -2.26. The molecule has 31 heavy (non-hydrogen) atoms. The summed E-state index contributed by atoms with van der Waals surface area (Å²) in [5.41, 5.74) is 1.95. The van der Waals surface area contributed by atoms with Gasteiger partial charge < -0.3 is 15.0 Å². The number of nitrogens with one attached hydrogen (secondary N) is 1. The molecule has 1 fully saturated rings. The molecule has 0 atom stereocenters. The number of hydrogen-bond donors (Lipinski definition) is 1. The first-order valence-electron chi connectivity index (χ1n) is 9.77. The summed E-state index contributed by atoms with van der Waals surface area (Å²) in [6.45, 7) is 4.17. The molecule has 1 saturated heterocycles. The molecule has 2 heterocycles. The quantitative estimate of drug-likeness (QED) is 0.421. The lowest BCUT2D eigenvalue weighted by atomic mass is 10.2. The predicted molar refractivity (Wildman–Crippen MR) is 128 cm³/mol. The van der Waals surface area contributed by atoms with Gasteiger partial charge in [0.25, 0.3) is 0 Å². The number of carbonyl (C=O) groups excluding carboxylic acids is 1. The van der Waals surface area contributed by atoms with E-state index >= 15 is 0 Å². The summed E-state index contributed by atoms with van der Waals surface area (Å²) in [7, 11) is 1.34. The molecule has 1 aromatic heterocycles. The summed E-state index contributed by atoms with van der Waals surface area (Å²) < 4.78 is 18.8. The highest BCUT2D eigenvalue weighted by Gasteiger charge is 2.20. The standard InChI is InChI=1S/C22H21ClFN3O2S2/c1-29-21(28)20-19(23)17-7-6-16(12-18(17)31-20)25-22(30)27-10-8-26(9-11-27)13-14-2-4-15(24)5-3-14/h2-7,12H,8-11,13H2,1H3,(H,25,30). The second kappa shape index (κ2) is 9.48. The molecule has 0 bridgehead atoms. The van der Waals surface area contributed by atoms with Gasteiger partial charge in [0.1, 0.15) is 10.7 Å². The number of fused-ring (bicyclic) bond motifs is 1. The van der Waals surface area contributed by atoms with Crippen LogP contribution in [-0.2, 0) is 11.3 Å². The molecule has 1 N–H and O–H groups in total. The Bertz CT molecular complexity index is 1110. The number of hydrogen-bond acceptors (Lipinski definition) is 5. The molecule has 1 aliphatic heterocycles. The second-order valence-corrected chi connectivity index (χ2v) is 9.08. The van der Waals surface area contributed by atoms with Gasteiger partial charge in [-0.05, 0) is 48.1 Å². The number of methoxy groups -OCH3 is 1. The Kier molecular flexibility index (Phi) is 6.71. The molecule has 9 heteroatoms. The van der Waals surface area contributed by atoms with Gasteiger partial charge in [-0.25, -0.2) is 9.18 Å². The predicted octanol–water partition coefficient (Wildman–Crippen LogP) is 5.00. The van der Waals surface area contributed by atoms with Crippen molar-refractivity contribution in [3.8, 4) is 0 Å². The number of benzene rings is 2. The largest absolute Gasteiger partial charge is 0.465 e. The highest BCUT2D eigenvalue weighted by atomic mass is 35.5. The van der Waals surface area contributed by atoms with Gasteiger partial charge in [-0.3, -0.25) is 4.90 Å². The summed E-state index contributed by atoms with van der Waals surface area (Å²) in [5, 5.41) is 5.19. The van der Waals surface area contributed by atoms with Crippen molar-refractivity contribution in [1.29, 1.82) is 0 Å². The molecule has 162 valence electrons. The van der Waals surface area contributed by atoms with Crippen molar-refractivity contribution in [3.63, 3.8) is 0 Å². The number of piperazine rings is 1. The van der Waals surface area contributed by atoms with Gasteiger partial charge in [0.15, 0.2) is 5.11 Å². The van der Waals surface area contributed by atoms with E-state index in [0.29, 0.717) is 15.0 Å².